The van der Waals surface area contributed by atoms with Gasteiger partial charge in [0.25, 0.3) is 10.0 Å². The van der Waals surface area contributed by atoms with E-state index in [1.807, 2.05) is 29.2 Å². The van der Waals surface area contributed by atoms with Gasteiger partial charge in [-0.1, -0.05) is 54.1 Å². The molecule has 7 nitrogen and oxygen atoms in total. The van der Waals surface area contributed by atoms with Crippen molar-refractivity contribution in [1.29, 1.82) is 0 Å². The summed E-state index contributed by atoms with van der Waals surface area (Å²) in [6.07, 6.45) is 1.47. The van der Waals surface area contributed by atoms with Gasteiger partial charge in [-0.2, -0.15) is 0 Å². The van der Waals surface area contributed by atoms with Crippen LogP contribution in [0, 0.1) is 6.92 Å². The molecule has 1 aliphatic rings. The first kappa shape index (κ1) is 25.7. The van der Waals surface area contributed by atoms with Gasteiger partial charge >= 0.3 is 0 Å². The van der Waals surface area contributed by atoms with Gasteiger partial charge in [0.2, 0.25) is 11.8 Å². The monoisotopic (exact) mass is 525 g/mol. The van der Waals surface area contributed by atoms with Crippen LogP contribution in [0.5, 0.6) is 0 Å². The lowest BCUT2D eigenvalue weighted by Gasteiger charge is -2.25. The van der Waals surface area contributed by atoms with Crippen molar-refractivity contribution in [3.63, 3.8) is 0 Å². The number of nitrogens with zero attached hydrogens (tertiary/aromatic N) is 2. The van der Waals surface area contributed by atoms with Crippen molar-refractivity contribution in [1.82, 2.24) is 10.2 Å². The summed E-state index contributed by atoms with van der Waals surface area (Å²) in [4.78, 5) is 26.8. The van der Waals surface area contributed by atoms with Crippen LogP contribution in [0.3, 0.4) is 0 Å². The zero-order chi connectivity index (χ0) is 25.7. The number of sulfonamides is 1. The van der Waals surface area contributed by atoms with Crippen LogP contribution in [0.2, 0.25) is 5.02 Å². The predicted molar refractivity (Wildman–Crippen MR) is 140 cm³/mol. The van der Waals surface area contributed by atoms with E-state index in [1.165, 1.54) is 12.1 Å². The van der Waals surface area contributed by atoms with Crippen molar-refractivity contribution >= 4 is 39.1 Å². The molecule has 0 unspecified atom stereocenters. The number of hydrogen-bond donors (Lipinski definition) is 1. The minimum atomic E-state index is -4.00. The Kier molecular flexibility index (Phi) is 7.96. The molecule has 1 aliphatic heterocycles. The fraction of sp³-hybridized carbons (Fsp3) is 0.259. The van der Waals surface area contributed by atoms with Crippen LogP contribution < -0.4 is 9.62 Å². The Morgan fingerprint density at radius 3 is 2.47 bits per heavy atom. The number of hydrogen-bond acceptors (Lipinski definition) is 4. The summed E-state index contributed by atoms with van der Waals surface area (Å²) in [7, 11) is -4.00. The van der Waals surface area contributed by atoms with Gasteiger partial charge in [-0.25, -0.2) is 8.42 Å². The Labute approximate surface area is 216 Å². The Hall–Kier alpha value is -3.36. The van der Waals surface area contributed by atoms with Crippen molar-refractivity contribution in [2.75, 3.05) is 17.4 Å². The standard InChI is InChI=1S/C27H28ClN3O4S/c1-20-15-23(28)12-13-25(20)31(36(34,35)24-9-3-2-4-10-24)19-26(32)29-17-21-7-5-8-22(16-21)18-30-14-6-11-27(30)33/h2-5,7-10,12-13,15-16H,6,11,14,17-19H2,1H3,(H,29,32). The summed E-state index contributed by atoms with van der Waals surface area (Å²) < 4.78 is 28.1. The summed E-state index contributed by atoms with van der Waals surface area (Å²) in [6, 6.07) is 20.6. The zero-order valence-electron chi connectivity index (χ0n) is 20.0. The van der Waals surface area contributed by atoms with E-state index >= 15 is 0 Å². The van der Waals surface area contributed by atoms with Crippen LogP contribution in [0.4, 0.5) is 5.69 Å². The number of benzene rings is 3. The van der Waals surface area contributed by atoms with Crippen molar-refractivity contribution in [2.45, 2.75) is 37.8 Å². The maximum absolute atomic E-state index is 13.5. The molecule has 2 amide bonds. The lowest BCUT2D eigenvalue weighted by molar-refractivity contribution is -0.128. The largest absolute Gasteiger partial charge is 0.350 e. The summed E-state index contributed by atoms with van der Waals surface area (Å²) >= 11 is 6.08. The Morgan fingerprint density at radius 1 is 1.03 bits per heavy atom. The van der Waals surface area contributed by atoms with Gasteiger partial charge in [-0.05, 0) is 60.4 Å². The van der Waals surface area contributed by atoms with E-state index in [1.54, 1.807) is 43.3 Å². The first-order valence-electron chi connectivity index (χ1n) is 11.7. The quantitative estimate of drug-likeness (QED) is 0.451. The molecule has 36 heavy (non-hydrogen) atoms. The van der Waals surface area contributed by atoms with Crippen molar-refractivity contribution in [2.24, 2.45) is 0 Å². The fourth-order valence-corrected chi connectivity index (χ4v) is 5.97. The van der Waals surface area contributed by atoms with E-state index in [4.69, 9.17) is 11.6 Å². The third kappa shape index (κ3) is 6.06. The molecule has 0 radical (unpaired) electrons. The lowest BCUT2D eigenvalue weighted by atomic mass is 10.1. The smallest absolute Gasteiger partial charge is 0.264 e. The molecule has 1 heterocycles. The van der Waals surface area contributed by atoms with Gasteiger partial charge in [-0.15, -0.1) is 0 Å². The number of rotatable bonds is 9. The highest BCUT2D eigenvalue weighted by Gasteiger charge is 2.28. The molecule has 3 aromatic carbocycles. The summed E-state index contributed by atoms with van der Waals surface area (Å²) in [6.45, 7) is 2.90. The number of nitrogens with one attached hydrogen (secondary N) is 1. The Balaban J connectivity index is 1.50. The maximum atomic E-state index is 13.5. The maximum Gasteiger partial charge on any atom is 0.264 e. The predicted octanol–water partition coefficient (Wildman–Crippen LogP) is 4.28. The van der Waals surface area contributed by atoms with Gasteiger partial charge in [0, 0.05) is 31.1 Å². The zero-order valence-corrected chi connectivity index (χ0v) is 21.6. The van der Waals surface area contributed by atoms with E-state index < -0.39 is 15.9 Å². The second-order valence-corrected chi connectivity index (χ2v) is 11.1. The minimum absolute atomic E-state index is 0.0938. The van der Waals surface area contributed by atoms with Crippen LogP contribution in [-0.2, 0) is 32.7 Å². The third-order valence-corrected chi connectivity index (χ3v) is 8.08. The molecule has 9 heteroatoms. The molecule has 0 spiro atoms. The van der Waals surface area contributed by atoms with Gasteiger partial charge in [-0.3, -0.25) is 13.9 Å². The number of carbonyl (C=O) groups is 2. The third-order valence-electron chi connectivity index (χ3n) is 6.07. The SMILES string of the molecule is Cc1cc(Cl)ccc1N(CC(=O)NCc1cccc(CN2CCCC2=O)c1)S(=O)(=O)c1ccccc1. The summed E-state index contributed by atoms with van der Waals surface area (Å²) in [5.74, 6) is -0.283. The molecule has 188 valence electrons. The van der Waals surface area contributed by atoms with E-state index in [0.29, 0.717) is 29.2 Å². The Bertz CT molecular complexity index is 1360. The van der Waals surface area contributed by atoms with Crippen molar-refractivity contribution < 1.29 is 18.0 Å². The number of halogens is 1. The first-order valence-corrected chi connectivity index (χ1v) is 13.5. The molecule has 0 aromatic heterocycles. The van der Waals surface area contributed by atoms with Crippen molar-refractivity contribution in [3.05, 3.63) is 94.5 Å². The molecule has 0 saturated carbocycles. The second-order valence-electron chi connectivity index (χ2n) is 8.77. The summed E-state index contributed by atoms with van der Waals surface area (Å²) in [5.41, 5.74) is 2.88. The highest BCUT2D eigenvalue weighted by Crippen LogP contribution is 2.28. The molecule has 3 aromatic rings. The lowest BCUT2D eigenvalue weighted by Crippen LogP contribution is -2.41. The van der Waals surface area contributed by atoms with Crippen LogP contribution in [0.1, 0.15) is 29.5 Å². The van der Waals surface area contributed by atoms with E-state index in [2.05, 4.69) is 5.32 Å². The number of anilines is 1. The normalized spacial score (nSPS) is 13.6. The fourth-order valence-electron chi connectivity index (χ4n) is 4.23. The average molecular weight is 526 g/mol. The van der Waals surface area contributed by atoms with E-state index in [0.717, 1.165) is 28.4 Å². The first-order chi connectivity index (χ1) is 17.2. The topological polar surface area (TPSA) is 86.8 Å². The molecule has 0 atom stereocenters. The highest BCUT2D eigenvalue weighted by atomic mass is 35.5. The van der Waals surface area contributed by atoms with Gasteiger partial charge in [0.1, 0.15) is 6.54 Å². The van der Waals surface area contributed by atoms with Crippen LogP contribution in [0.15, 0.2) is 77.7 Å². The molecule has 0 aliphatic carbocycles. The van der Waals surface area contributed by atoms with Crippen LogP contribution in [-0.4, -0.2) is 38.2 Å². The second kappa shape index (κ2) is 11.1. The average Bonchev–Trinajstić information content (AvgIpc) is 3.26. The highest BCUT2D eigenvalue weighted by molar-refractivity contribution is 7.92. The van der Waals surface area contributed by atoms with E-state index in [-0.39, 0.29) is 23.9 Å². The van der Waals surface area contributed by atoms with E-state index in [9.17, 15) is 18.0 Å². The molecule has 0 bridgehead atoms. The molecule has 4 rings (SSSR count). The van der Waals surface area contributed by atoms with Gasteiger partial charge in [0.15, 0.2) is 0 Å². The molecule has 1 N–H and O–H groups in total. The van der Waals surface area contributed by atoms with Gasteiger partial charge in [0.05, 0.1) is 10.6 Å². The molecule has 1 fully saturated rings. The number of likely N-dealkylation sites (tertiary alicyclic amines) is 1. The van der Waals surface area contributed by atoms with Crippen LogP contribution >= 0.6 is 11.6 Å². The number of aryl methyl sites for hydroxylation is 1. The summed E-state index contributed by atoms with van der Waals surface area (Å²) in [5, 5.41) is 3.31. The molecule has 1 saturated heterocycles. The van der Waals surface area contributed by atoms with Crippen molar-refractivity contribution in [3.8, 4) is 0 Å². The number of amides is 2. The van der Waals surface area contributed by atoms with Crippen LogP contribution in [0.25, 0.3) is 0 Å². The number of carbonyl (C=O) groups excluding carboxylic acids is 2. The van der Waals surface area contributed by atoms with Gasteiger partial charge < -0.3 is 10.2 Å². The minimum Gasteiger partial charge on any atom is -0.350 e. The molecular formula is C27H28ClN3O4S. The Morgan fingerprint density at radius 2 is 1.78 bits per heavy atom. The molecular weight excluding hydrogens is 498 g/mol.